The van der Waals surface area contributed by atoms with Gasteiger partial charge in [0.15, 0.2) is 0 Å². The summed E-state index contributed by atoms with van der Waals surface area (Å²) in [6.45, 7) is 9.31. The molecule has 1 N–H and O–H groups in total. The molecule has 2 aliphatic rings. The number of anilines is 1. The van der Waals surface area contributed by atoms with Crippen molar-refractivity contribution in [2.24, 2.45) is 21.8 Å². The van der Waals surface area contributed by atoms with Crippen LogP contribution in [0.25, 0.3) is 11.3 Å². The third-order valence-electron chi connectivity index (χ3n) is 6.65. The molecule has 0 spiro atoms. The Kier molecular flexibility index (Phi) is 4.84. The van der Waals surface area contributed by atoms with Crippen molar-refractivity contribution in [3.05, 3.63) is 35.2 Å². The van der Waals surface area contributed by atoms with Crippen LogP contribution in [0.15, 0.2) is 34.7 Å². The summed E-state index contributed by atoms with van der Waals surface area (Å²) in [4.78, 5) is 4.69. The maximum Gasteiger partial charge on any atom is 0.203 e. The zero-order valence-corrected chi connectivity index (χ0v) is 17.7. The molecule has 2 fully saturated rings. The topological polar surface area (TPSA) is 37.3 Å². The molecule has 0 saturated heterocycles. The summed E-state index contributed by atoms with van der Waals surface area (Å²) in [6.07, 6.45) is 3.74. The quantitative estimate of drug-likeness (QED) is 0.777. The van der Waals surface area contributed by atoms with Gasteiger partial charge in [0.1, 0.15) is 0 Å². The lowest BCUT2D eigenvalue weighted by molar-refractivity contribution is -0.00000524. The van der Waals surface area contributed by atoms with Gasteiger partial charge in [-0.3, -0.25) is 5.43 Å². The number of thiazole rings is 1. The van der Waals surface area contributed by atoms with Crippen molar-refractivity contribution in [2.75, 3.05) is 5.43 Å². The van der Waals surface area contributed by atoms with Gasteiger partial charge in [-0.25, -0.2) is 4.98 Å². The van der Waals surface area contributed by atoms with E-state index in [-0.39, 0.29) is 22.4 Å². The number of nitrogens with zero attached hydrogens (tertiary/aromatic N) is 2. The van der Waals surface area contributed by atoms with Crippen LogP contribution in [0.1, 0.15) is 45.6 Å². The Morgan fingerprint density at radius 1 is 1.20 bits per heavy atom. The first-order chi connectivity index (χ1) is 11.4. The molecule has 2 aromatic rings. The zero-order valence-electron chi connectivity index (χ0n) is 15.3. The van der Waals surface area contributed by atoms with Gasteiger partial charge in [-0.15, -0.1) is 11.3 Å². The van der Waals surface area contributed by atoms with Crippen molar-refractivity contribution < 1.29 is 17.0 Å². The number of benzene rings is 1. The Hall–Kier alpha value is -1.20. The Balaban J connectivity index is 0.00000182. The van der Waals surface area contributed by atoms with E-state index in [0.29, 0.717) is 5.41 Å². The van der Waals surface area contributed by atoms with Crippen molar-refractivity contribution >= 4 is 22.2 Å². The van der Waals surface area contributed by atoms with Crippen molar-refractivity contribution in [2.45, 2.75) is 47.0 Å². The minimum Gasteiger partial charge on any atom is -1.00 e. The second-order valence-electron chi connectivity index (χ2n) is 8.07. The first kappa shape index (κ1) is 18.6. The molecule has 5 heteroatoms. The van der Waals surface area contributed by atoms with Crippen LogP contribution >= 0.6 is 11.3 Å². The first-order valence-corrected chi connectivity index (χ1v) is 9.64. The molecule has 2 aliphatic carbocycles. The van der Waals surface area contributed by atoms with E-state index in [2.05, 4.69) is 62.8 Å². The van der Waals surface area contributed by atoms with E-state index >= 15 is 0 Å². The van der Waals surface area contributed by atoms with Crippen LogP contribution in [-0.4, -0.2) is 10.7 Å². The van der Waals surface area contributed by atoms with Crippen molar-refractivity contribution in [3.63, 3.8) is 0 Å². The maximum atomic E-state index is 4.78. The number of aryl methyl sites for hydroxylation is 1. The van der Waals surface area contributed by atoms with Crippen LogP contribution in [0.4, 0.5) is 5.13 Å². The summed E-state index contributed by atoms with van der Waals surface area (Å²) in [5.74, 6) is 0.780. The molecular formula is C20H25BrN3S-. The normalized spacial score (nSPS) is 28.2. The average Bonchev–Trinajstić information content (AvgIpc) is 3.16. The van der Waals surface area contributed by atoms with Crippen LogP contribution in [0.5, 0.6) is 0 Å². The van der Waals surface area contributed by atoms with Crippen LogP contribution in [0.2, 0.25) is 0 Å². The Morgan fingerprint density at radius 2 is 1.92 bits per heavy atom. The third kappa shape index (κ3) is 2.95. The van der Waals surface area contributed by atoms with Gasteiger partial charge >= 0.3 is 0 Å². The van der Waals surface area contributed by atoms with E-state index in [1.807, 2.05) is 0 Å². The summed E-state index contributed by atoms with van der Waals surface area (Å²) >= 11 is 1.62. The minimum atomic E-state index is 0. The molecule has 134 valence electrons. The SMILES string of the molecule is Cc1ccc(-c2csc(N/N=C3/CC4CCC3(C)C4(C)C)n2)cc1.[Br-]. The van der Waals surface area contributed by atoms with E-state index in [0.717, 1.165) is 28.7 Å². The summed E-state index contributed by atoms with van der Waals surface area (Å²) in [5.41, 5.74) is 8.61. The summed E-state index contributed by atoms with van der Waals surface area (Å²) in [6, 6.07) is 8.50. The van der Waals surface area contributed by atoms with Crippen LogP contribution in [-0.2, 0) is 0 Å². The molecule has 2 bridgehead atoms. The molecule has 1 heterocycles. The average molecular weight is 419 g/mol. The van der Waals surface area contributed by atoms with Gasteiger partial charge in [0.25, 0.3) is 0 Å². The van der Waals surface area contributed by atoms with Gasteiger partial charge in [0.05, 0.1) is 5.69 Å². The molecule has 2 saturated carbocycles. The fourth-order valence-electron chi connectivity index (χ4n) is 4.39. The number of halogens is 1. The van der Waals surface area contributed by atoms with Crippen molar-refractivity contribution in [1.29, 1.82) is 0 Å². The number of hydrazone groups is 1. The largest absolute Gasteiger partial charge is 1.00 e. The second kappa shape index (κ2) is 6.51. The smallest absolute Gasteiger partial charge is 0.203 e. The second-order valence-corrected chi connectivity index (χ2v) is 8.93. The highest BCUT2D eigenvalue weighted by Gasteiger charge is 2.59. The molecule has 1 aromatic heterocycles. The molecule has 0 amide bonds. The fourth-order valence-corrected chi connectivity index (χ4v) is 5.06. The molecule has 3 nitrogen and oxygen atoms in total. The fraction of sp³-hybridized carbons (Fsp3) is 0.500. The summed E-state index contributed by atoms with van der Waals surface area (Å²) in [5, 5.41) is 7.75. The van der Waals surface area contributed by atoms with E-state index in [1.165, 1.54) is 24.1 Å². The maximum absolute atomic E-state index is 4.78. The summed E-state index contributed by atoms with van der Waals surface area (Å²) in [7, 11) is 0. The lowest BCUT2D eigenvalue weighted by atomic mass is 9.70. The highest BCUT2D eigenvalue weighted by Crippen LogP contribution is 2.63. The van der Waals surface area contributed by atoms with Gasteiger partial charge < -0.3 is 17.0 Å². The van der Waals surface area contributed by atoms with E-state index in [4.69, 9.17) is 10.1 Å². The van der Waals surface area contributed by atoms with Gasteiger partial charge in [0.2, 0.25) is 5.13 Å². The molecular weight excluding hydrogens is 394 g/mol. The molecule has 0 radical (unpaired) electrons. The van der Waals surface area contributed by atoms with E-state index in [1.54, 1.807) is 11.3 Å². The predicted molar refractivity (Wildman–Crippen MR) is 103 cm³/mol. The molecule has 2 unspecified atom stereocenters. The van der Waals surface area contributed by atoms with E-state index in [9.17, 15) is 0 Å². The lowest BCUT2D eigenvalue weighted by Crippen LogP contribution is -3.00. The number of hydrogen-bond acceptors (Lipinski definition) is 4. The molecule has 2 atom stereocenters. The molecule has 1 aromatic carbocycles. The van der Waals surface area contributed by atoms with Crippen molar-refractivity contribution in [3.8, 4) is 11.3 Å². The molecule has 0 aliphatic heterocycles. The van der Waals surface area contributed by atoms with Gasteiger partial charge in [-0.05, 0) is 37.5 Å². The van der Waals surface area contributed by atoms with E-state index < -0.39 is 0 Å². The standard InChI is InChI=1S/C20H25N3S.BrH/c1-13-5-7-14(8-6-13)16-12-24-18(21-16)23-22-17-11-15-9-10-20(17,4)19(15,2)3;/h5-8,12,15H,9-11H2,1-4H3,(H,21,23);1H/p-1/b22-17-;. The van der Waals surface area contributed by atoms with Gasteiger partial charge in [0, 0.05) is 22.1 Å². The van der Waals surface area contributed by atoms with Crippen LogP contribution in [0, 0.1) is 23.7 Å². The number of aromatic nitrogens is 1. The first-order valence-electron chi connectivity index (χ1n) is 8.76. The Bertz CT molecular complexity index is 794. The van der Waals surface area contributed by atoms with Crippen LogP contribution < -0.4 is 22.4 Å². The third-order valence-corrected chi connectivity index (χ3v) is 7.40. The van der Waals surface area contributed by atoms with Crippen molar-refractivity contribution in [1.82, 2.24) is 4.98 Å². The summed E-state index contributed by atoms with van der Waals surface area (Å²) < 4.78 is 0. The number of hydrogen-bond donors (Lipinski definition) is 1. The molecule has 4 rings (SSSR count). The Labute approximate surface area is 164 Å². The molecule has 25 heavy (non-hydrogen) atoms. The van der Waals surface area contributed by atoms with Crippen LogP contribution in [0.3, 0.4) is 0 Å². The predicted octanol–water partition coefficient (Wildman–Crippen LogP) is 2.74. The van der Waals surface area contributed by atoms with Gasteiger partial charge in [-0.2, -0.15) is 5.10 Å². The number of rotatable bonds is 3. The highest BCUT2D eigenvalue weighted by atomic mass is 79.9. The number of fused-ring (bicyclic) bond motifs is 2. The Morgan fingerprint density at radius 3 is 2.52 bits per heavy atom. The minimum absolute atomic E-state index is 0. The highest BCUT2D eigenvalue weighted by molar-refractivity contribution is 7.14. The van der Waals surface area contributed by atoms with Gasteiger partial charge in [-0.1, -0.05) is 50.6 Å². The monoisotopic (exact) mass is 418 g/mol. The number of nitrogens with one attached hydrogen (secondary N) is 1. The lowest BCUT2D eigenvalue weighted by Gasteiger charge is -2.34. The zero-order chi connectivity index (χ0) is 16.9.